The highest BCUT2D eigenvalue weighted by atomic mass is 32.2. The number of benzene rings is 1. The molecule has 0 saturated heterocycles. The molecule has 0 aliphatic carbocycles. The second-order valence-corrected chi connectivity index (χ2v) is 6.08. The van der Waals surface area contributed by atoms with Gasteiger partial charge in [0, 0.05) is 18.8 Å². The van der Waals surface area contributed by atoms with E-state index in [-0.39, 0.29) is 4.90 Å². The molecule has 0 radical (unpaired) electrons. The van der Waals surface area contributed by atoms with E-state index in [1.54, 1.807) is 19.2 Å². The first-order chi connectivity index (χ1) is 8.81. The van der Waals surface area contributed by atoms with Crippen molar-refractivity contribution in [1.82, 2.24) is 9.78 Å². The van der Waals surface area contributed by atoms with Gasteiger partial charge in [0.15, 0.2) is 0 Å². The maximum Gasteiger partial charge on any atom is 0.263 e. The van der Waals surface area contributed by atoms with E-state index in [9.17, 15) is 8.42 Å². The maximum absolute atomic E-state index is 12.3. The van der Waals surface area contributed by atoms with E-state index in [4.69, 9.17) is 5.73 Å². The monoisotopic (exact) mass is 280 g/mol. The smallest absolute Gasteiger partial charge is 0.263 e. The molecule has 0 amide bonds. The molecular formula is C12H16N4O2S. The van der Waals surface area contributed by atoms with Crippen molar-refractivity contribution in [1.29, 1.82) is 0 Å². The SMILES string of the molecule is Cc1cc(S(=O)(=O)Nc2ccnn2C)cc(N)c1C. The van der Waals surface area contributed by atoms with Gasteiger partial charge in [-0.25, -0.2) is 8.42 Å². The van der Waals surface area contributed by atoms with Crippen LogP contribution >= 0.6 is 0 Å². The van der Waals surface area contributed by atoms with Gasteiger partial charge in [-0.3, -0.25) is 9.40 Å². The number of sulfonamides is 1. The molecule has 19 heavy (non-hydrogen) atoms. The van der Waals surface area contributed by atoms with Crippen molar-refractivity contribution in [2.45, 2.75) is 18.7 Å². The largest absolute Gasteiger partial charge is 0.398 e. The first-order valence-electron chi connectivity index (χ1n) is 5.69. The van der Waals surface area contributed by atoms with Crippen LogP contribution in [0.15, 0.2) is 29.3 Å². The highest BCUT2D eigenvalue weighted by Crippen LogP contribution is 2.23. The van der Waals surface area contributed by atoms with Crippen LogP contribution in [0, 0.1) is 13.8 Å². The van der Waals surface area contributed by atoms with Crippen molar-refractivity contribution in [3.8, 4) is 0 Å². The highest BCUT2D eigenvalue weighted by Gasteiger charge is 2.17. The Morgan fingerprint density at radius 3 is 2.53 bits per heavy atom. The molecule has 0 saturated carbocycles. The fourth-order valence-electron chi connectivity index (χ4n) is 1.68. The highest BCUT2D eigenvalue weighted by molar-refractivity contribution is 7.92. The van der Waals surface area contributed by atoms with Gasteiger partial charge < -0.3 is 5.73 Å². The molecule has 0 aliphatic rings. The minimum absolute atomic E-state index is 0.148. The summed E-state index contributed by atoms with van der Waals surface area (Å²) in [5, 5.41) is 3.91. The number of hydrogen-bond acceptors (Lipinski definition) is 4. The third-order valence-electron chi connectivity index (χ3n) is 3.05. The van der Waals surface area contributed by atoms with E-state index in [0.717, 1.165) is 11.1 Å². The molecule has 6 nitrogen and oxygen atoms in total. The number of aryl methyl sites for hydroxylation is 2. The number of anilines is 2. The summed E-state index contributed by atoms with van der Waals surface area (Å²) < 4.78 is 28.4. The minimum atomic E-state index is -3.66. The molecule has 0 bridgehead atoms. The number of nitrogens with one attached hydrogen (secondary N) is 1. The predicted octanol–water partition coefficient (Wildman–Crippen LogP) is 1.42. The van der Waals surface area contributed by atoms with Crippen molar-refractivity contribution in [3.05, 3.63) is 35.5 Å². The Balaban J connectivity index is 2.43. The van der Waals surface area contributed by atoms with Crippen molar-refractivity contribution in [2.24, 2.45) is 7.05 Å². The molecule has 0 fully saturated rings. The second-order valence-electron chi connectivity index (χ2n) is 4.40. The van der Waals surface area contributed by atoms with Crippen LogP contribution in [0.5, 0.6) is 0 Å². The summed E-state index contributed by atoms with van der Waals surface area (Å²) in [6.07, 6.45) is 1.52. The van der Waals surface area contributed by atoms with Crippen molar-refractivity contribution in [2.75, 3.05) is 10.5 Å². The average molecular weight is 280 g/mol. The zero-order valence-electron chi connectivity index (χ0n) is 11.0. The van der Waals surface area contributed by atoms with E-state index < -0.39 is 10.0 Å². The average Bonchev–Trinajstić information content (AvgIpc) is 2.70. The molecule has 0 spiro atoms. The Morgan fingerprint density at radius 1 is 1.32 bits per heavy atom. The Kier molecular flexibility index (Phi) is 3.23. The number of hydrogen-bond donors (Lipinski definition) is 2. The summed E-state index contributed by atoms with van der Waals surface area (Å²) in [5.74, 6) is 0.400. The van der Waals surface area contributed by atoms with Crippen LogP contribution in [-0.4, -0.2) is 18.2 Å². The Hall–Kier alpha value is -2.02. The quantitative estimate of drug-likeness (QED) is 0.832. The molecule has 1 heterocycles. The van der Waals surface area contributed by atoms with E-state index in [1.165, 1.54) is 16.9 Å². The molecule has 1 aromatic carbocycles. The van der Waals surface area contributed by atoms with Crippen LogP contribution in [0.1, 0.15) is 11.1 Å². The van der Waals surface area contributed by atoms with Crippen LogP contribution < -0.4 is 10.5 Å². The molecule has 2 aromatic rings. The number of nitrogen functional groups attached to an aromatic ring is 1. The Morgan fingerprint density at radius 2 is 2.00 bits per heavy atom. The lowest BCUT2D eigenvalue weighted by atomic mass is 10.1. The minimum Gasteiger partial charge on any atom is -0.398 e. The van der Waals surface area contributed by atoms with Crippen LogP contribution in [0.3, 0.4) is 0 Å². The van der Waals surface area contributed by atoms with E-state index >= 15 is 0 Å². The first-order valence-corrected chi connectivity index (χ1v) is 7.17. The number of nitrogens with zero attached hydrogens (tertiary/aromatic N) is 2. The van der Waals surface area contributed by atoms with Crippen LogP contribution in [-0.2, 0) is 17.1 Å². The Labute approximate surface area is 112 Å². The van der Waals surface area contributed by atoms with Crippen LogP contribution in [0.25, 0.3) is 0 Å². The van der Waals surface area contributed by atoms with Gasteiger partial charge in [-0.15, -0.1) is 0 Å². The van der Waals surface area contributed by atoms with Gasteiger partial charge in [-0.05, 0) is 37.1 Å². The molecular weight excluding hydrogens is 264 g/mol. The van der Waals surface area contributed by atoms with Crippen LogP contribution in [0.4, 0.5) is 11.5 Å². The topological polar surface area (TPSA) is 90.0 Å². The summed E-state index contributed by atoms with van der Waals surface area (Å²) in [6, 6.07) is 4.65. The predicted molar refractivity (Wildman–Crippen MR) is 74.3 cm³/mol. The van der Waals surface area contributed by atoms with Gasteiger partial charge in [-0.2, -0.15) is 5.10 Å². The summed E-state index contributed by atoms with van der Waals surface area (Å²) in [4.78, 5) is 0.148. The lowest BCUT2D eigenvalue weighted by Crippen LogP contribution is -2.16. The lowest BCUT2D eigenvalue weighted by Gasteiger charge is -2.11. The zero-order chi connectivity index (χ0) is 14.2. The zero-order valence-corrected chi connectivity index (χ0v) is 11.8. The molecule has 1 aromatic heterocycles. The van der Waals surface area contributed by atoms with Gasteiger partial charge in [-0.1, -0.05) is 0 Å². The third kappa shape index (κ3) is 2.55. The standard InChI is InChI=1S/C12H16N4O2S/c1-8-6-10(7-11(13)9(8)2)19(17,18)15-12-4-5-14-16(12)3/h4-7,15H,13H2,1-3H3. The van der Waals surface area contributed by atoms with Gasteiger partial charge in [0.2, 0.25) is 0 Å². The first kappa shape index (κ1) is 13.4. The molecule has 102 valence electrons. The summed E-state index contributed by atoms with van der Waals surface area (Å²) in [5.41, 5.74) is 8.00. The van der Waals surface area contributed by atoms with Crippen molar-refractivity contribution < 1.29 is 8.42 Å². The van der Waals surface area contributed by atoms with Crippen molar-refractivity contribution >= 4 is 21.5 Å². The maximum atomic E-state index is 12.3. The molecule has 0 aliphatic heterocycles. The molecule has 0 unspecified atom stereocenters. The fourth-order valence-corrected chi connectivity index (χ4v) is 2.89. The second kappa shape index (κ2) is 4.58. The lowest BCUT2D eigenvalue weighted by molar-refractivity contribution is 0.600. The molecule has 3 N–H and O–H groups in total. The molecule has 7 heteroatoms. The summed E-state index contributed by atoms with van der Waals surface area (Å²) in [7, 11) is -2.00. The van der Waals surface area contributed by atoms with Crippen LogP contribution in [0.2, 0.25) is 0 Å². The number of rotatable bonds is 3. The van der Waals surface area contributed by atoms with Gasteiger partial charge >= 0.3 is 0 Å². The normalized spacial score (nSPS) is 11.5. The Bertz CT molecular complexity index is 696. The van der Waals surface area contributed by atoms with Gasteiger partial charge in [0.1, 0.15) is 5.82 Å². The van der Waals surface area contributed by atoms with E-state index in [2.05, 4.69) is 9.82 Å². The summed E-state index contributed by atoms with van der Waals surface area (Å²) >= 11 is 0. The summed E-state index contributed by atoms with van der Waals surface area (Å²) in [6.45, 7) is 3.68. The third-order valence-corrected chi connectivity index (χ3v) is 4.39. The van der Waals surface area contributed by atoms with Gasteiger partial charge in [0.05, 0.1) is 11.1 Å². The fraction of sp³-hybridized carbons (Fsp3) is 0.250. The van der Waals surface area contributed by atoms with E-state index in [1.807, 2.05) is 13.8 Å². The number of nitrogens with two attached hydrogens (primary N) is 1. The van der Waals surface area contributed by atoms with E-state index in [0.29, 0.717) is 11.5 Å². The molecule has 0 atom stereocenters. The van der Waals surface area contributed by atoms with Gasteiger partial charge in [0.25, 0.3) is 10.0 Å². The molecule has 2 rings (SSSR count). The van der Waals surface area contributed by atoms with Crippen molar-refractivity contribution in [3.63, 3.8) is 0 Å². The number of aromatic nitrogens is 2.